The molecule has 0 saturated heterocycles. The number of aromatic nitrogens is 3. The Kier molecular flexibility index (Phi) is 4.24. The van der Waals surface area contributed by atoms with Gasteiger partial charge in [0.05, 0.1) is 11.2 Å². The minimum Gasteiger partial charge on any atom is -0.365 e. The van der Waals surface area contributed by atoms with Crippen LogP contribution in [0.2, 0.25) is 0 Å². The molecule has 6 heteroatoms. The third kappa shape index (κ3) is 3.32. The van der Waals surface area contributed by atoms with E-state index in [0.29, 0.717) is 18.1 Å². The van der Waals surface area contributed by atoms with Crippen LogP contribution in [0.3, 0.4) is 0 Å². The predicted octanol–water partition coefficient (Wildman–Crippen LogP) is 2.88. The van der Waals surface area contributed by atoms with Crippen LogP contribution in [0.25, 0.3) is 10.9 Å². The summed E-state index contributed by atoms with van der Waals surface area (Å²) >= 11 is 0. The van der Waals surface area contributed by atoms with Crippen LogP contribution in [0.5, 0.6) is 0 Å². The highest BCUT2D eigenvalue weighted by molar-refractivity contribution is 6.07. The van der Waals surface area contributed by atoms with E-state index in [1.807, 2.05) is 24.3 Å². The van der Waals surface area contributed by atoms with Gasteiger partial charge >= 0.3 is 0 Å². The summed E-state index contributed by atoms with van der Waals surface area (Å²) in [5.74, 6) is 0.263. The number of nitrogens with zero attached hydrogens (tertiary/aromatic N) is 3. The molecule has 6 nitrogen and oxygen atoms in total. The van der Waals surface area contributed by atoms with Crippen LogP contribution in [0.15, 0.2) is 61.3 Å². The van der Waals surface area contributed by atoms with Gasteiger partial charge in [-0.1, -0.05) is 24.3 Å². The van der Waals surface area contributed by atoms with E-state index in [9.17, 15) is 4.79 Å². The maximum atomic E-state index is 12.3. The molecule has 0 atom stereocenters. The summed E-state index contributed by atoms with van der Waals surface area (Å²) in [4.78, 5) is 16.6. The topological polar surface area (TPSA) is 79.8 Å². The second-order valence-electron chi connectivity index (χ2n) is 4.81. The number of anilines is 2. The van der Waals surface area contributed by atoms with Gasteiger partial charge in [0.1, 0.15) is 5.82 Å². The second-order valence-corrected chi connectivity index (χ2v) is 4.81. The smallest absolute Gasteiger partial charge is 0.276 e. The lowest BCUT2D eigenvalue weighted by molar-refractivity contribution is 0.102. The van der Waals surface area contributed by atoms with Crippen LogP contribution < -0.4 is 10.6 Å². The molecule has 0 aliphatic carbocycles. The van der Waals surface area contributed by atoms with Crippen molar-refractivity contribution in [2.24, 2.45) is 0 Å². The molecule has 2 heterocycles. The zero-order chi connectivity index (χ0) is 16.1. The standard InChI is InChI=1S/C17H15N5O/c1-2-10-18-15-9-8-14(21-22-15)17(23)20-13-7-3-5-12-6-4-11-19-16(12)13/h2-9,11H,1,10H2,(H,18,22)(H,20,23). The largest absolute Gasteiger partial charge is 0.365 e. The predicted molar refractivity (Wildman–Crippen MR) is 90.4 cm³/mol. The lowest BCUT2D eigenvalue weighted by atomic mass is 10.2. The van der Waals surface area contributed by atoms with E-state index in [4.69, 9.17) is 0 Å². The Labute approximate surface area is 133 Å². The van der Waals surface area contributed by atoms with E-state index in [2.05, 4.69) is 32.4 Å². The molecule has 0 bridgehead atoms. The Balaban J connectivity index is 1.79. The number of fused-ring (bicyclic) bond motifs is 1. The highest BCUT2D eigenvalue weighted by atomic mass is 16.1. The molecule has 3 aromatic rings. The molecule has 0 unspecified atom stereocenters. The van der Waals surface area contributed by atoms with Crippen molar-refractivity contribution in [3.8, 4) is 0 Å². The third-order valence-corrected chi connectivity index (χ3v) is 3.21. The molecular formula is C17H15N5O. The van der Waals surface area contributed by atoms with Crippen molar-refractivity contribution in [1.82, 2.24) is 15.2 Å². The number of hydrogen-bond acceptors (Lipinski definition) is 5. The van der Waals surface area contributed by atoms with Gasteiger partial charge in [0.2, 0.25) is 0 Å². The Morgan fingerprint density at radius 1 is 1.13 bits per heavy atom. The van der Waals surface area contributed by atoms with Crippen molar-refractivity contribution in [3.63, 3.8) is 0 Å². The van der Waals surface area contributed by atoms with Crippen LogP contribution in [0.1, 0.15) is 10.5 Å². The summed E-state index contributed by atoms with van der Waals surface area (Å²) in [6, 6.07) is 12.7. The van der Waals surface area contributed by atoms with Crippen LogP contribution in [-0.2, 0) is 0 Å². The van der Waals surface area contributed by atoms with Gasteiger partial charge < -0.3 is 10.6 Å². The molecule has 0 saturated carbocycles. The fourth-order valence-electron chi connectivity index (χ4n) is 2.12. The van der Waals surface area contributed by atoms with Crippen molar-refractivity contribution in [2.75, 3.05) is 17.2 Å². The quantitative estimate of drug-likeness (QED) is 0.709. The van der Waals surface area contributed by atoms with Crippen LogP contribution >= 0.6 is 0 Å². The maximum absolute atomic E-state index is 12.3. The van der Waals surface area contributed by atoms with Crippen molar-refractivity contribution in [3.05, 3.63) is 67.0 Å². The monoisotopic (exact) mass is 305 g/mol. The van der Waals surface area contributed by atoms with Crippen molar-refractivity contribution in [1.29, 1.82) is 0 Å². The number of carbonyl (C=O) groups excluding carboxylic acids is 1. The lowest BCUT2D eigenvalue weighted by Gasteiger charge is -2.07. The lowest BCUT2D eigenvalue weighted by Crippen LogP contribution is -2.15. The van der Waals surface area contributed by atoms with Gasteiger partial charge in [0, 0.05) is 18.1 Å². The van der Waals surface area contributed by atoms with Crippen LogP contribution in [-0.4, -0.2) is 27.6 Å². The Hall–Kier alpha value is -3.28. The molecule has 1 aromatic carbocycles. The Bertz CT molecular complexity index is 840. The van der Waals surface area contributed by atoms with Crippen molar-refractivity contribution in [2.45, 2.75) is 0 Å². The third-order valence-electron chi connectivity index (χ3n) is 3.21. The first-order valence-corrected chi connectivity index (χ1v) is 7.11. The molecule has 114 valence electrons. The maximum Gasteiger partial charge on any atom is 0.276 e. The van der Waals surface area contributed by atoms with E-state index in [0.717, 1.165) is 10.9 Å². The van der Waals surface area contributed by atoms with Gasteiger partial charge in [-0.2, -0.15) is 0 Å². The first-order valence-electron chi connectivity index (χ1n) is 7.11. The molecule has 0 fully saturated rings. The van der Waals surface area contributed by atoms with Gasteiger partial charge in [-0.15, -0.1) is 16.8 Å². The van der Waals surface area contributed by atoms with Gasteiger partial charge in [-0.25, -0.2) is 0 Å². The van der Waals surface area contributed by atoms with Gasteiger partial charge in [-0.3, -0.25) is 9.78 Å². The number of pyridine rings is 1. The first-order chi connectivity index (χ1) is 11.3. The van der Waals surface area contributed by atoms with E-state index in [1.54, 1.807) is 30.5 Å². The molecular weight excluding hydrogens is 290 g/mol. The number of nitrogens with one attached hydrogen (secondary N) is 2. The average Bonchev–Trinajstić information content (AvgIpc) is 2.60. The van der Waals surface area contributed by atoms with Crippen molar-refractivity contribution < 1.29 is 4.79 Å². The fourth-order valence-corrected chi connectivity index (χ4v) is 2.12. The van der Waals surface area contributed by atoms with Gasteiger partial charge in [0.25, 0.3) is 5.91 Å². The van der Waals surface area contributed by atoms with E-state index in [-0.39, 0.29) is 11.6 Å². The Morgan fingerprint density at radius 3 is 2.78 bits per heavy atom. The first kappa shape index (κ1) is 14.6. The molecule has 1 amide bonds. The van der Waals surface area contributed by atoms with Crippen molar-refractivity contribution >= 4 is 28.3 Å². The molecule has 0 aliphatic heterocycles. The van der Waals surface area contributed by atoms with Gasteiger partial charge in [-0.05, 0) is 24.3 Å². The van der Waals surface area contributed by atoms with E-state index in [1.165, 1.54) is 0 Å². The summed E-state index contributed by atoms with van der Waals surface area (Å²) in [6.07, 6.45) is 3.41. The highest BCUT2D eigenvalue weighted by Crippen LogP contribution is 2.21. The minimum absolute atomic E-state index is 0.238. The number of carbonyl (C=O) groups is 1. The number of hydrogen-bond donors (Lipinski definition) is 2. The fraction of sp³-hybridized carbons (Fsp3) is 0.0588. The number of benzene rings is 1. The summed E-state index contributed by atoms with van der Waals surface area (Å²) in [6.45, 7) is 4.20. The second kappa shape index (κ2) is 6.65. The highest BCUT2D eigenvalue weighted by Gasteiger charge is 2.11. The number of amides is 1. The van der Waals surface area contributed by atoms with E-state index >= 15 is 0 Å². The van der Waals surface area contributed by atoms with Gasteiger partial charge in [0.15, 0.2) is 5.69 Å². The summed E-state index contributed by atoms with van der Waals surface area (Å²) in [5.41, 5.74) is 1.62. The molecule has 3 rings (SSSR count). The molecule has 0 spiro atoms. The zero-order valence-electron chi connectivity index (χ0n) is 12.4. The number of para-hydroxylation sites is 1. The minimum atomic E-state index is -0.328. The molecule has 2 N–H and O–H groups in total. The summed E-state index contributed by atoms with van der Waals surface area (Å²) < 4.78 is 0. The normalized spacial score (nSPS) is 10.3. The molecule has 0 radical (unpaired) electrons. The molecule has 2 aromatic heterocycles. The molecule has 0 aliphatic rings. The van der Waals surface area contributed by atoms with Crippen LogP contribution in [0, 0.1) is 0 Å². The average molecular weight is 305 g/mol. The Morgan fingerprint density at radius 2 is 2.00 bits per heavy atom. The van der Waals surface area contributed by atoms with E-state index < -0.39 is 0 Å². The SMILES string of the molecule is C=CCNc1ccc(C(=O)Nc2cccc3cccnc23)nn1. The van der Waals surface area contributed by atoms with Crippen LogP contribution in [0.4, 0.5) is 11.5 Å². The summed E-state index contributed by atoms with van der Waals surface area (Å²) in [7, 11) is 0. The number of rotatable bonds is 5. The molecule has 23 heavy (non-hydrogen) atoms. The summed E-state index contributed by atoms with van der Waals surface area (Å²) in [5, 5.41) is 14.7. The zero-order valence-corrected chi connectivity index (χ0v) is 12.4.